The number of benzene rings is 1. The van der Waals surface area contributed by atoms with Crippen molar-refractivity contribution in [1.29, 1.82) is 0 Å². The summed E-state index contributed by atoms with van der Waals surface area (Å²) >= 11 is 0. The average Bonchev–Trinajstić information content (AvgIpc) is 3.00. The van der Waals surface area contributed by atoms with Gasteiger partial charge in [0.05, 0.1) is 6.54 Å². The molecule has 0 radical (unpaired) electrons. The highest BCUT2D eigenvalue weighted by Gasteiger charge is 2.22. The summed E-state index contributed by atoms with van der Waals surface area (Å²) in [6, 6.07) is 6.13. The average molecular weight is 257 g/mol. The first-order valence-electron chi connectivity index (χ1n) is 6.78. The van der Waals surface area contributed by atoms with Crippen LogP contribution < -0.4 is 10.6 Å². The van der Waals surface area contributed by atoms with E-state index in [0.29, 0.717) is 0 Å². The third kappa shape index (κ3) is 2.16. The van der Waals surface area contributed by atoms with E-state index in [0.717, 1.165) is 44.0 Å². The molecule has 2 heterocycles. The molecule has 2 N–H and O–H groups in total. The number of hydrogen-bond acceptors (Lipinski definition) is 4. The lowest BCUT2D eigenvalue weighted by Gasteiger charge is -2.19. The lowest BCUT2D eigenvalue weighted by molar-refractivity contribution is 0.563. The predicted molar refractivity (Wildman–Crippen MR) is 75.9 cm³/mol. The van der Waals surface area contributed by atoms with Gasteiger partial charge in [0.1, 0.15) is 12.2 Å². The summed E-state index contributed by atoms with van der Waals surface area (Å²) in [6.07, 6.45) is 3.73. The molecule has 0 spiro atoms. The maximum absolute atomic E-state index is 6.03. The fourth-order valence-corrected chi connectivity index (χ4v) is 2.67. The SMILES string of the molecule is CCCn1ncnc1CN1CCc2c(N)cccc21. The molecule has 1 aromatic heterocycles. The van der Waals surface area contributed by atoms with Crippen molar-refractivity contribution in [2.24, 2.45) is 0 Å². The Hall–Kier alpha value is -2.04. The highest BCUT2D eigenvalue weighted by Crippen LogP contribution is 2.32. The predicted octanol–water partition coefficient (Wildman–Crippen LogP) is 1.83. The van der Waals surface area contributed by atoms with E-state index >= 15 is 0 Å². The first kappa shape index (κ1) is 12.0. The quantitative estimate of drug-likeness (QED) is 0.849. The molecule has 0 atom stereocenters. The topological polar surface area (TPSA) is 60.0 Å². The van der Waals surface area contributed by atoms with Gasteiger partial charge in [-0.3, -0.25) is 0 Å². The van der Waals surface area contributed by atoms with Gasteiger partial charge in [0.15, 0.2) is 0 Å². The van der Waals surface area contributed by atoms with Crippen LogP contribution in [0.15, 0.2) is 24.5 Å². The summed E-state index contributed by atoms with van der Waals surface area (Å²) in [4.78, 5) is 6.71. The zero-order valence-corrected chi connectivity index (χ0v) is 11.2. The molecule has 1 aromatic carbocycles. The Bertz CT molecular complexity index is 575. The number of anilines is 2. The molecule has 0 saturated heterocycles. The summed E-state index contributed by atoms with van der Waals surface area (Å²) < 4.78 is 1.99. The minimum atomic E-state index is 0.802. The van der Waals surface area contributed by atoms with Crippen LogP contribution in [0.1, 0.15) is 24.7 Å². The van der Waals surface area contributed by atoms with Gasteiger partial charge < -0.3 is 10.6 Å². The van der Waals surface area contributed by atoms with Crippen molar-refractivity contribution in [1.82, 2.24) is 14.8 Å². The lowest BCUT2D eigenvalue weighted by atomic mass is 10.1. The number of nitrogens with zero attached hydrogens (tertiary/aromatic N) is 4. The van der Waals surface area contributed by atoms with Crippen LogP contribution in [0.5, 0.6) is 0 Å². The van der Waals surface area contributed by atoms with Crippen molar-refractivity contribution in [2.75, 3.05) is 17.2 Å². The van der Waals surface area contributed by atoms with Crippen LogP contribution >= 0.6 is 0 Å². The first-order chi connectivity index (χ1) is 9.29. The van der Waals surface area contributed by atoms with E-state index in [2.05, 4.69) is 28.0 Å². The fraction of sp³-hybridized carbons (Fsp3) is 0.429. The van der Waals surface area contributed by atoms with Crippen LogP contribution in [0.3, 0.4) is 0 Å². The Balaban J connectivity index is 1.83. The number of aromatic nitrogens is 3. The van der Waals surface area contributed by atoms with Crippen molar-refractivity contribution in [2.45, 2.75) is 32.9 Å². The van der Waals surface area contributed by atoms with Crippen molar-refractivity contribution in [3.8, 4) is 0 Å². The molecule has 5 heteroatoms. The summed E-state index contributed by atoms with van der Waals surface area (Å²) in [5.41, 5.74) is 9.43. The molecule has 0 aliphatic carbocycles. The van der Waals surface area contributed by atoms with Gasteiger partial charge in [0.2, 0.25) is 0 Å². The summed E-state index contributed by atoms with van der Waals surface area (Å²) in [6.45, 7) is 4.88. The number of hydrogen-bond donors (Lipinski definition) is 1. The zero-order valence-electron chi connectivity index (χ0n) is 11.2. The Labute approximate surface area is 113 Å². The Kier molecular flexibility index (Phi) is 3.11. The maximum atomic E-state index is 6.03. The van der Waals surface area contributed by atoms with Crippen molar-refractivity contribution >= 4 is 11.4 Å². The highest BCUT2D eigenvalue weighted by atomic mass is 15.3. The van der Waals surface area contributed by atoms with Gasteiger partial charge in [0.25, 0.3) is 0 Å². The van der Waals surface area contributed by atoms with Gasteiger partial charge in [-0.1, -0.05) is 13.0 Å². The molecule has 1 aliphatic rings. The molecule has 0 bridgehead atoms. The Morgan fingerprint density at radius 1 is 1.37 bits per heavy atom. The molecule has 0 saturated carbocycles. The Morgan fingerprint density at radius 2 is 2.26 bits per heavy atom. The van der Waals surface area contributed by atoms with Crippen LogP contribution in [-0.2, 0) is 19.5 Å². The largest absolute Gasteiger partial charge is 0.398 e. The van der Waals surface area contributed by atoms with E-state index in [4.69, 9.17) is 5.73 Å². The van der Waals surface area contributed by atoms with Crippen LogP contribution in [0.4, 0.5) is 11.4 Å². The fourth-order valence-electron chi connectivity index (χ4n) is 2.67. The van der Waals surface area contributed by atoms with Gasteiger partial charge in [0, 0.05) is 30.0 Å². The maximum Gasteiger partial charge on any atom is 0.146 e. The van der Waals surface area contributed by atoms with Crippen LogP contribution in [-0.4, -0.2) is 21.3 Å². The third-order valence-corrected chi connectivity index (χ3v) is 3.62. The number of aryl methyl sites for hydroxylation is 1. The molecule has 3 rings (SSSR count). The first-order valence-corrected chi connectivity index (χ1v) is 6.78. The van der Waals surface area contributed by atoms with Crippen molar-refractivity contribution < 1.29 is 0 Å². The molecule has 1 aliphatic heterocycles. The molecule has 0 unspecified atom stereocenters. The van der Waals surface area contributed by atoms with E-state index in [1.54, 1.807) is 6.33 Å². The highest BCUT2D eigenvalue weighted by molar-refractivity contribution is 5.68. The van der Waals surface area contributed by atoms with Crippen LogP contribution in [0.2, 0.25) is 0 Å². The molecule has 5 nitrogen and oxygen atoms in total. The number of nitrogen functional groups attached to an aromatic ring is 1. The third-order valence-electron chi connectivity index (χ3n) is 3.62. The van der Waals surface area contributed by atoms with E-state index in [1.807, 2.05) is 16.8 Å². The molecule has 2 aromatic rings. The Morgan fingerprint density at radius 3 is 3.11 bits per heavy atom. The van der Waals surface area contributed by atoms with E-state index in [-0.39, 0.29) is 0 Å². The van der Waals surface area contributed by atoms with E-state index in [9.17, 15) is 0 Å². The van der Waals surface area contributed by atoms with Gasteiger partial charge >= 0.3 is 0 Å². The second-order valence-corrected chi connectivity index (χ2v) is 4.92. The molecule has 100 valence electrons. The zero-order chi connectivity index (χ0) is 13.2. The normalized spacial score (nSPS) is 13.8. The minimum absolute atomic E-state index is 0.802. The minimum Gasteiger partial charge on any atom is -0.398 e. The second-order valence-electron chi connectivity index (χ2n) is 4.92. The van der Waals surface area contributed by atoms with Gasteiger partial charge in [-0.2, -0.15) is 5.10 Å². The van der Waals surface area contributed by atoms with Crippen molar-refractivity contribution in [3.05, 3.63) is 35.9 Å². The lowest BCUT2D eigenvalue weighted by Crippen LogP contribution is -2.22. The summed E-state index contributed by atoms with van der Waals surface area (Å²) in [5.74, 6) is 1.03. The second kappa shape index (κ2) is 4.91. The van der Waals surface area contributed by atoms with Gasteiger partial charge in [-0.25, -0.2) is 9.67 Å². The standard InChI is InChI=1S/C14H19N5/c1-2-7-19-14(16-10-17-19)9-18-8-6-11-12(15)4-3-5-13(11)18/h3-5,10H,2,6-9,15H2,1H3. The van der Waals surface area contributed by atoms with E-state index in [1.165, 1.54) is 11.3 Å². The van der Waals surface area contributed by atoms with Crippen LogP contribution in [0.25, 0.3) is 0 Å². The number of fused-ring (bicyclic) bond motifs is 1. The number of nitrogens with two attached hydrogens (primary N) is 1. The summed E-state index contributed by atoms with van der Waals surface area (Å²) in [7, 11) is 0. The van der Waals surface area contributed by atoms with Crippen LogP contribution in [0, 0.1) is 0 Å². The summed E-state index contributed by atoms with van der Waals surface area (Å²) in [5, 5.41) is 4.28. The molecule has 0 amide bonds. The van der Waals surface area contributed by atoms with Crippen molar-refractivity contribution in [3.63, 3.8) is 0 Å². The monoisotopic (exact) mass is 257 g/mol. The van der Waals surface area contributed by atoms with Gasteiger partial charge in [-0.15, -0.1) is 0 Å². The molecular formula is C14H19N5. The molecular weight excluding hydrogens is 238 g/mol. The van der Waals surface area contributed by atoms with Gasteiger partial charge in [-0.05, 0) is 25.0 Å². The molecule has 19 heavy (non-hydrogen) atoms. The smallest absolute Gasteiger partial charge is 0.146 e. The van der Waals surface area contributed by atoms with E-state index < -0.39 is 0 Å². The molecule has 0 fully saturated rings. The number of rotatable bonds is 4.